The third-order valence-corrected chi connectivity index (χ3v) is 3.53. The molecule has 72 valence electrons. The summed E-state index contributed by atoms with van der Waals surface area (Å²) in [6.07, 6.45) is 0. The molecule has 13 heavy (non-hydrogen) atoms. The molecule has 0 aliphatic carbocycles. The first-order valence-corrected chi connectivity index (χ1v) is 6.35. The van der Waals surface area contributed by atoms with Crippen LogP contribution in [0, 0.1) is 0 Å². The van der Waals surface area contributed by atoms with Crippen LogP contribution in [0.2, 0.25) is 0 Å². The maximum Gasteiger partial charge on any atom is 0.262 e. The largest absolute Gasteiger partial charge is 0.350 e. The number of thiophene rings is 1. The van der Waals surface area contributed by atoms with Gasteiger partial charge in [0, 0.05) is 15.8 Å². The number of amides is 1. The molecule has 0 aliphatic rings. The number of halogens is 2. The summed E-state index contributed by atoms with van der Waals surface area (Å²) < 4.78 is 0.859. The predicted molar refractivity (Wildman–Crippen MR) is 62.7 cm³/mol. The zero-order valence-electron chi connectivity index (χ0n) is 7.01. The number of carbonyl (C=O) groups excluding carboxylic acids is 1. The van der Waals surface area contributed by atoms with Crippen molar-refractivity contribution in [3.63, 3.8) is 0 Å². The third kappa shape index (κ3) is 3.40. The Morgan fingerprint density at radius 2 is 2.46 bits per heavy atom. The molecule has 1 N–H and O–H groups in total. The zero-order chi connectivity index (χ0) is 9.84. The number of rotatable bonds is 3. The Hall–Kier alpha value is 0.130. The highest BCUT2D eigenvalue weighted by Crippen LogP contribution is 2.22. The van der Waals surface area contributed by atoms with Crippen LogP contribution in [0.5, 0.6) is 0 Å². The Kier molecular flexibility index (Phi) is 4.41. The SMILES string of the molecule is CC(Br)CNC(=O)c1sccc1Br. The molecule has 1 rings (SSSR count). The molecule has 5 heteroatoms. The topological polar surface area (TPSA) is 29.1 Å². The van der Waals surface area contributed by atoms with Gasteiger partial charge in [0.2, 0.25) is 0 Å². The van der Waals surface area contributed by atoms with Gasteiger partial charge in [0.1, 0.15) is 4.88 Å². The van der Waals surface area contributed by atoms with E-state index in [-0.39, 0.29) is 5.91 Å². The normalized spacial score (nSPS) is 12.5. The lowest BCUT2D eigenvalue weighted by molar-refractivity contribution is 0.0957. The highest BCUT2D eigenvalue weighted by Gasteiger charge is 2.10. The van der Waals surface area contributed by atoms with Crippen molar-refractivity contribution in [2.24, 2.45) is 0 Å². The van der Waals surface area contributed by atoms with E-state index >= 15 is 0 Å². The Balaban J connectivity index is 2.54. The Morgan fingerprint density at radius 3 is 2.92 bits per heavy atom. The van der Waals surface area contributed by atoms with Gasteiger partial charge in [-0.2, -0.15) is 0 Å². The lowest BCUT2D eigenvalue weighted by Gasteiger charge is -2.04. The molecular formula is C8H9Br2NOS. The smallest absolute Gasteiger partial charge is 0.262 e. The summed E-state index contributed by atoms with van der Waals surface area (Å²) in [7, 11) is 0. The predicted octanol–water partition coefficient (Wildman–Crippen LogP) is 3.02. The first-order chi connectivity index (χ1) is 6.11. The van der Waals surface area contributed by atoms with Crippen molar-refractivity contribution in [2.75, 3.05) is 6.54 Å². The lowest BCUT2D eigenvalue weighted by atomic mass is 10.4. The second-order valence-corrected chi connectivity index (χ2v) is 5.92. The number of hydrogen-bond donors (Lipinski definition) is 1. The van der Waals surface area contributed by atoms with Gasteiger partial charge in [0.15, 0.2) is 0 Å². The van der Waals surface area contributed by atoms with E-state index in [0.717, 1.165) is 9.35 Å². The summed E-state index contributed by atoms with van der Waals surface area (Å²) in [5.41, 5.74) is 0. The number of hydrogen-bond acceptors (Lipinski definition) is 2. The number of alkyl halides is 1. The molecule has 1 amide bonds. The fraction of sp³-hybridized carbons (Fsp3) is 0.375. The van der Waals surface area contributed by atoms with Crippen molar-refractivity contribution < 1.29 is 4.79 Å². The van der Waals surface area contributed by atoms with Crippen molar-refractivity contribution >= 4 is 49.1 Å². The summed E-state index contributed by atoms with van der Waals surface area (Å²) in [5.74, 6) is -0.0202. The van der Waals surface area contributed by atoms with Crippen molar-refractivity contribution in [3.8, 4) is 0 Å². The molecule has 1 aromatic heterocycles. The van der Waals surface area contributed by atoms with Gasteiger partial charge in [-0.25, -0.2) is 0 Å². The van der Waals surface area contributed by atoms with E-state index in [0.29, 0.717) is 11.4 Å². The minimum absolute atomic E-state index is 0.0202. The molecular weight excluding hydrogens is 318 g/mol. The van der Waals surface area contributed by atoms with Gasteiger partial charge in [-0.15, -0.1) is 11.3 Å². The van der Waals surface area contributed by atoms with Crippen LogP contribution in [0.3, 0.4) is 0 Å². The first kappa shape index (κ1) is 11.2. The van der Waals surface area contributed by atoms with Crippen LogP contribution in [0.25, 0.3) is 0 Å². The van der Waals surface area contributed by atoms with E-state index in [9.17, 15) is 4.79 Å². The van der Waals surface area contributed by atoms with E-state index in [4.69, 9.17) is 0 Å². The van der Waals surface area contributed by atoms with Gasteiger partial charge in [-0.3, -0.25) is 4.79 Å². The fourth-order valence-corrected chi connectivity index (χ4v) is 2.40. The summed E-state index contributed by atoms with van der Waals surface area (Å²) >= 11 is 8.11. The van der Waals surface area contributed by atoms with Gasteiger partial charge in [-0.1, -0.05) is 22.9 Å². The van der Waals surface area contributed by atoms with Crippen LogP contribution in [-0.4, -0.2) is 17.3 Å². The van der Waals surface area contributed by atoms with E-state index in [1.54, 1.807) is 0 Å². The van der Waals surface area contributed by atoms with Crippen LogP contribution in [0.4, 0.5) is 0 Å². The van der Waals surface area contributed by atoms with Crippen molar-refractivity contribution in [2.45, 2.75) is 11.8 Å². The highest BCUT2D eigenvalue weighted by atomic mass is 79.9. The molecule has 1 aromatic rings. The van der Waals surface area contributed by atoms with E-state index in [2.05, 4.69) is 37.2 Å². The average Bonchev–Trinajstić information content (AvgIpc) is 2.47. The molecule has 1 unspecified atom stereocenters. The monoisotopic (exact) mass is 325 g/mol. The molecule has 0 radical (unpaired) electrons. The summed E-state index contributed by atoms with van der Waals surface area (Å²) in [5, 5.41) is 4.71. The van der Waals surface area contributed by atoms with Crippen LogP contribution in [0.15, 0.2) is 15.9 Å². The van der Waals surface area contributed by atoms with Gasteiger partial charge in [0.05, 0.1) is 0 Å². The Bertz CT molecular complexity index is 298. The molecule has 0 aliphatic heterocycles. The van der Waals surface area contributed by atoms with Crippen molar-refractivity contribution in [1.82, 2.24) is 5.32 Å². The minimum atomic E-state index is -0.0202. The molecule has 1 heterocycles. The quantitative estimate of drug-likeness (QED) is 0.850. The minimum Gasteiger partial charge on any atom is -0.350 e. The molecule has 0 saturated heterocycles. The maximum atomic E-state index is 11.5. The van der Waals surface area contributed by atoms with Crippen LogP contribution in [0.1, 0.15) is 16.6 Å². The van der Waals surface area contributed by atoms with Crippen molar-refractivity contribution in [3.05, 3.63) is 20.8 Å². The first-order valence-electron chi connectivity index (χ1n) is 3.76. The second-order valence-electron chi connectivity index (χ2n) is 2.59. The molecule has 0 saturated carbocycles. The third-order valence-electron chi connectivity index (χ3n) is 1.37. The Labute approximate surface area is 98.0 Å². The number of nitrogens with one attached hydrogen (secondary N) is 1. The van der Waals surface area contributed by atoms with E-state index < -0.39 is 0 Å². The number of carbonyl (C=O) groups is 1. The molecule has 2 nitrogen and oxygen atoms in total. The highest BCUT2D eigenvalue weighted by molar-refractivity contribution is 9.10. The van der Waals surface area contributed by atoms with Crippen molar-refractivity contribution in [1.29, 1.82) is 0 Å². The van der Waals surface area contributed by atoms with Crippen LogP contribution < -0.4 is 5.32 Å². The maximum absolute atomic E-state index is 11.5. The molecule has 1 atom stereocenters. The second kappa shape index (κ2) is 5.12. The standard InChI is InChI=1S/C8H9Br2NOS/c1-5(9)4-11-8(12)7-6(10)2-3-13-7/h2-3,5H,4H2,1H3,(H,11,12). The fourth-order valence-electron chi connectivity index (χ4n) is 0.769. The molecule has 0 bridgehead atoms. The summed E-state index contributed by atoms with van der Waals surface area (Å²) in [4.78, 5) is 12.5. The van der Waals surface area contributed by atoms with Gasteiger partial charge >= 0.3 is 0 Å². The van der Waals surface area contributed by atoms with Gasteiger partial charge in [-0.05, 0) is 27.4 Å². The molecule has 0 fully saturated rings. The van der Waals surface area contributed by atoms with Gasteiger partial charge in [0.25, 0.3) is 5.91 Å². The van der Waals surface area contributed by atoms with Gasteiger partial charge < -0.3 is 5.32 Å². The van der Waals surface area contributed by atoms with Crippen LogP contribution >= 0.6 is 43.2 Å². The molecule has 0 aromatic carbocycles. The summed E-state index contributed by atoms with van der Waals surface area (Å²) in [6.45, 7) is 2.63. The lowest BCUT2D eigenvalue weighted by Crippen LogP contribution is -2.27. The summed E-state index contributed by atoms with van der Waals surface area (Å²) in [6, 6.07) is 1.87. The Morgan fingerprint density at radius 1 is 1.77 bits per heavy atom. The average molecular weight is 327 g/mol. The zero-order valence-corrected chi connectivity index (χ0v) is 11.0. The molecule has 0 spiro atoms. The van der Waals surface area contributed by atoms with Crippen LogP contribution in [-0.2, 0) is 0 Å². The van der Waals surface area contributed by atoms with E-state index in [1.165, 1.54) is 11.3 Å². The van der Waals surface area contributed by atoms with E-state index in [1.807, 2.05) is 18.4 Å².